The lowest BCUT2D eigenvalue weighted by atomic mass is 10.2. The van der Waals surface area contributed by atoms with Crippen molar-refractivity contribution in [2.24, 2.45) is 0 Å². The van der Waals surface area contributed by atoms with E-state index in [1.807, 2.05) is 37.4 Å². The molecule has 0 aromatic heterocycles. The SMILES string of the molecule is CCOc1cc(C(=O)OCC(=O)N(C)Cc2ccc(SC)cc2)ccc1OC. The topological polar surface area (TPSA) is 65.1 Å². The van der Waals surface area contributed by atoms with Gasteiger partial charge in [-0.15, -0.1) is 11.8 Å². The molecule has 0 aliphatic heterocycles. The second-order valence-electron chi connectivity index (χ2n) is 5.97. The van der Waals surface area contributed by atoms with Gasteiger partial charge in [-0.1, -0.05) is 12.1 Å². The van der Waals surface area contributed by atoms with E-state index in [0.29, 0.717) is 30.2 Å². The average Bonchev–Trinajstić information content (AvgIpc) is 2.72. The first-order chi connectivity index (χ1) is 13.5. The summed E-state index contributed by atoms with van der Waals surface area (Å²) in [6, 6.07) is 12.7. The number of carbonyl (C=O) groups excluding carboxylic acids is 2. The number of thioether (sulfide) groups is 1. The smallest absolute Gasteiger partial charge is 0.338 e. The molecule has 2 rings (SSSR count). The van der Waals surface area contributed by atoms with Crippen molar-refractivity contribution in [1.82, 2.24) is 4.90 Å². The largest absolute Gasteiger partial charge is 0.493 e. The van der Waals surface area contributed by atoms with Crippen molar-refractivity contribution < 1.29 is 23.8 Å². The summed E-state index contributed by atoms with van der Waals surface area (Å²) in [5, 5.41) is 0. The fourth-order valence-corrected chi connectivity index (χ4v) is 2.89. The van der Waals surface area contributed by atoms with Gasteiger partial charge in [-0.3, -0.25) is 4.79 Å². The van der Waals surface area contributed by atoms with Gasteiger partial charge in [0, 0.05) is 18.5 Å². The molecule has 150 valence electrons. The third-order valence-corrected chi connectivity index (χ3v) is 4.77. The van der Waals surface area contributed by atoms with Crippen LogP contribution in [-0.4, -0.2) is 50.4 Å². The van der Waals surface area contributed by atoms with Crippen LogP contribution in [0.5, 0.6) is 11.5 Å². The summed E-state index contributed by atoms with van der Waals surface area (Å²) >= 11 is 1.66. The molecule has 0 bridgehead atoms. The Bertz CT molecular complexity index is 807. The molecule has 0 saturated heterocycles. The molecule has 2 aromatic rings. The highest BCUT2D eigenvalue weighted by molar-refractivity contribution is 7.98. The van der Waals surface area contributed by atoms with E-state index in [9.17, 15) is 9.59 Å². The number of rotatable bonds is 9. The van der Waals surface area contributed by atoms with Crippen molar-refractivity contribution in [3.8, 4) is 11.5 Å². The Labute approximate surface area is 169 Å². The van der Waals surface area contributed by atoms with Crippen LogP contribution in [0.2, 0.25) is 0 Å². The Kier molecular flexibility index (Phi) is 8.19. The molecule has 0 atom stereocenters. The maximum absolute atomic E-state index is 12.3. The first-order valence-corrected chi connectivity index (χ1v) is 10.1. The lowest BCUT2D eigenvalue weighted by molar-refractivity contribution is -0.133. The molecule has 0 aliphatic rings. The number of likely N-dealkylation sites (N-methyl/N-ethyl adjacent to an activating group) is 1. The molecule has 0 heterocycles. The summed E-state index contributed by atoms with van der Waals surface area (Å²) < 4.78 is 15.8. The summed E-state index contributed by atoms with van der Waals surface area (Å²) in [6.07, 6.45) is 2.01. The van der Waals surface area contributed by atoms with Crippen LogP contribution >= 0.6 is 11.8 Å². The number of hydrogen-bond donors (Lipinski definition) is 0. The number of hydrogen-bond acceptors (Lipinski definition) is 6. The van der Waals surface area contributed by atoms with Gasteiger partial charge in [0.1, 0.15) is 0 Å². The van der Waals surface area contributed by atoms with Crippen molar-refractivity contribution in [2.75, 3.05) is 33.6 Å². The molecule has 0 fully saturated rings. The Hall–Kier alpha value is -2.67. The van der Waals surface area contributed by atoms with E-state index in [1.165, 1.54) is 12.0 Å². The summed E-state index contributed by atoms with van der Waals surface area (Å²) in [7, 11) is 3.21. The molecule has 0 N–H and O–H groups in total. The number of esters is 1. The second-order valence-corrected chi connectivity index (χ2v) is 6.85. The van der Waals surface area contributed by atoms with Crippen LogP contribution in [-0.2, 0) is 16.1 Å². The van der Waals surface area contributed by atoms with E-state index >= 15 is 0 Å². The normalized spacial score (nSPS) is 10.3. The summed E-state index contributed by atoms with van der Waals surface area (Å²) in [6.45, 7) is 2.40. The number of nitrogens with zero attached hydrogens (tertiary/aromatic N) is 1. The van der Waals surface area contributed by atoms with Crippen LogP contribution in [0.15, 0.2) is 47.4 Å². The fraction of sp³-hybridized carbons (Fsp3) is 0.333. The Morgan fingerprint density at radius 1 is 1.07 bits per heavy atom. The number of ether oxygens (including phenoxy) is 3. The summed E-state index contributed by atoms with van der Waals surface area (Å²) in [5.74, 6) is 0.119. The Morgan fingerprint density at radius 3 is 2.39 bits per heavy atom. The zero-order valence-corrected chi connectivity index (χ0v) is 17.4. The van der Waals surface area contributed by atoms with Gasteiger partial charge in [0.25, 0.3) is 5.91 Å². The first-order valence-electron chi connectivity index (χ1n) is 8.83. The third kappa shape index (κ3) is 5.92. The van der Waals surface area contributed by atoms with Crippen LogP contribution < -0.4 is 9.47 Å². The quantitative estimate of drug-likeness (QED) is 0.471. The van der Waals surface area contributed by atoms with E-state index in [1.54, 1.807) is 37.0 Å². The molecule has 28 heavy (non-hydrogen) atoms. The molecule has 0 radical (unpaired) electrons. The highest BCUT2D eigenvalue weighted by Gasteiger charge is 2.16. The van der Waals surface area contributed by atoms with E-state index in [4.69, 9.17) is 14.2 Å². The van der Waals surface area contributed by atoms with Crippen LogP contribution in [0.3, 0.4) is 0 Å². The van der Waals surface area contributed by atoms with Crippen molar-refractivity contribution in [3.05, 3.63) is 53.6 Å². The predicted octanol–water partition coefficient (Wildman–Crippen LogP) is 3.63. The maximum Gasteiger partial charge on any atom is 0.338 e. The van der Waals surface area contributed by atoms with E-state index in [0.717, 1.165) is 10.5 Å². The van der Waals surface area contributed by atoms with Gasteiger partial charge >= 0.3 is 5.97 Å². The van der Waals surface area contributed by atoms with Gasteiger partial charge < -0.3 is 19.1 Å². The standard InChI is InChI=1S/C21H25NO5S/c1-5-26-19-12-16(8-11-18(19)25-3)21(24)27-14-20(23)22(2)13-15-6-9-17(28-4)10-7-15/h6-12H,5,13-14H2,1-4H3. The molecule has 0 unspecified atom stereocenters. The van der Waals surface area contributed by atoms with Crippen molar-refractivity contribution in [3.63, 3.8) is 0 Å². The monoisotopic (exact) mass is 403 g/mol. The molecular formula is C21H25NO5S. The fourth-order valence-electron chi connectivity index (χ4n) is 2.49. The predicted molar refractivity (Wildman–Crippen MR) is 109 cm³/mol. The van der Waals surface area contributed by atoms with E-state index in [-0.39, 0.29) is 12.5 Å². The first kappa shape index (κ1) is 21.6. The van der Waals surface area contributed by atoms with Crippen molar-refractivity contribution >= 4 is 23.6 Å². The molecule has 6 nitrogen and oxygen atoms in total. The van der Waals surface area contributed by atoms with Crippen LogP contribution in [0.4, 0.5) is 0 Å². The van der Waals surface area contributed by atoms with Gasteiger partial charge in [0.15, 0.2) is 18.1 Å². The zero-order chi connectivity index (χ0) is 20.5. The van der Waals surface area contributed by atoms with Gasteiger partial charge in [0.2, 0.25) is 0 Å². The molecule has 0 saturated carbocycles. The Balaban J connectivity index is 1.92. The maximum atomic E-state index is 12.3. The van der Waals surface area contributed by atoms with E-state index in [2.05, 4.69) is 0 Å². The molecule has 1 amide bonds. The third-order valence-electron chi connectivity index (χ3n) is 4.03. The minimum Gasteiger partial charge on any atom is -0.493 e. The van der Waals surface area contributed by atoms with Crippen molar-refractivity contribution in [1.29, 1.82) is 0 Å². The lowest BCUT2D eigenvalue weighted by Gasteiger charge is -2.17. The van der Waals surface area contributed by atoms with Crippen LogP contribution in [0.25, 0.3) is 0 Å². The molecule has 2 aromatic carbocycles. The minimum atomic E-state index is -0.588. The summed E-state index contributed by atoms with van der Waals surface area (Å²) in [4.78, 5) is 27.2. The second kappa shape index (κ2) is 10.6. The van der Waals surface area contributed by atoms with Gasteiger partial charge in [-0.2, -0.15) is 0 Å². The highest BCUT2D eigenvalue weighted by atomic mass is 32.2. The summed E-state index contributed by atoms with van der Waals surface area (Å²) in [5.41, 5.74) is 1.31. The minimum absolute atomic E-state index is 0.277. The van der Waals surface area contributed by atoms with E-state index < -0.39 is 5.97 Å². The van der Waals surface area contributed by atoms with Gasteiger partial charge in [-0.05, 0) is 49.1 Å². The lowest BCUT2D eigenvalue weighted by Crippen LogP contribution is -2.30. The molecule has 0 aliphatic carbocycles. The average molecular weight is 404 g/mol. The number of benzene rings is 2. The van der Waals surface area contributed by atoms with Crippen LogP contribution in [0.1, 0.15) is 22.8 Å². The van der Waals surface area contributed by atoms with Gasteiger partial charge in [0.05, 0.1) is 19.3 Å². The zero-order valence-electron chi connectivity index (χ0n) is 16.6. The van der Waals surface area contributed by atoms with Gasteiger partial charge in [-0.25, -0.2) is 4.79 Å². The highest BCUT2D eigenvalue weighted by Crippen LogP contribution is 2.28. The van der Waals surface area contributed by atoms with Crippen molar-refractivity contribution in [2.45, 2.75) is 18.4 Å². The molecular weight excluding hydrogens is 378 g/mol. The number of amides is 1. The Morgan fingerprint density at radius 2 is 1.79 bits per heavy atom. The molecule has 7 heteroatoms. The molecule has 0 spiro atoms. The van der Waals surface area contributed by atoms with Crippen LogP contribution in [0, 0.1) is 0 Å². The number of methoxy groups -OCH3 is 1. The number of carbonyl (C=O) groups is 2.